The predicted molar refractivity (Wildman–Crippen MR) is 33.3 cm³/mol. The SMILES string of the molecule is CC1=CCC=C(N=O)O1. The summed E-state index contributed by atoms with van der Waals surface area (Å²) in [4.78, 5) is 9.83. The zero-order valence-electron chi connectivity index (χ0n) is 5.13. The van der Waals surface area contributed by atoms with E-state index in [4.69, 9.17) is 4.74 Å². The van der Waals surface area contributed by atoms with Gasteiger partial charge in [-0.2, -0.15) is 0 Å². The monoisotopic (exact) mass is 125 g/mol. The minimum Gasteiger partial charge on any atom is -0.442 e. The van der Waals surface area contributed by atoms with Crippen molar-refractivity contribution in [2.45, 2.75) is 13.3 Å². The quantitative estimate of drug-likeness (QED) is 0.502. The van der Waals surface area contributed by atoms with E-state index >= 15 is 0 Å². The molecule has 0 aromatic rings. The summed E-state index contributed by atoms with van der Waals surface area (Å²) >= 11 is 0. The van der Waals surface area contributed by atoms with Crippen molar-refractivity contribution in [1.29, 1.82) is 0 Å². The molecule has 0 atom stereocenters. The van der Waals surface area contributed by atoms with Crippen LogP contribution in [-0.4, -0.2) is 0 Å². The summed E-state index contributed by atoms with van der Waals surface area (Å²) in [6.07, 6.45) is 4.27. The van der Waals surface area contributed by atoms with E-state index in [-0.39, 0.29) is 5.88 Å². The smallest absolute Gasteiger partial charge is 0.256 e. The molecule has 0 saturated heterocycles. The molecule has 0 aromatic heterocycles. The Morgan fingerprint density at radius 2 is 2.44 bits per heavy atom. The van der Waals surface area contributed by atoms with Crippen LogP contribution in [0.2, 0.25) is 0 Å². The van der Waals surface area contributed by atoms with E-state index in [9.17, 15) is 4.91 Å². The molecule has 0 saturated carbocycles. The first-order valence-electron chi connectivity index (χ1n) is 2.71. The number of hydrogen-bond acceptors (Lipinski definition) is 3. The Morgan fingerprint density at radius 1 is 1.67 bits per heavy atom. The van der Waals surface area contributed by atoms with Gasteiger partial charge in [0.15, 0.2) is 0 Å². The minimum atomic E-state index is 0.176. The van der Waals surface area contributed by atoms with Crippen LogP contribution in [0.15, 0.2) is 29.0 Å². The van der Waals surface area contributed by atoms with E-state index < -0.39 is 0 Å². The topological polar surface area (TPSA) is 38.7 Å². The molecular weight excluding hydrogens is 118 g/mol. The Balaban J connectivity index is 2.61. The molecule has 0 aliphatic carbocycles. The minimum absolute atomic E-state index is 0.176. The Kier molecular flexibility index (Phi) is 1.63. The highest BCUT2D eigenvalue weighted by molar-refractivity contribution is 5.07. The molecule has 0 aromatic carbocycles. The Bertz CT molecular complexity index is 181. The summed E-state index contributed by atoms with van der Waals surface area (Å²) in [5, 5.41) is 2.65. The van der Waals surface area contributed by atoms with Crippen molar-refractivity contribution >= 4 is 0 Å². The molecule has 48 valence electrons. The van der Waals surface area contributed by atoms with E-state index in [1.165, 1.54) is 0 Å². The van der Waals surface area contributed by atoms with Crippen LogP contribution < -0.4 is 0 Å². The fraction of sp³-hybridized carbons (Fsp3) is 0.333. The summed E-state index contributed by atoms with van der Waals surface area (Å²) in [6.45, 7) is 1.79. The third kappa shape index (κ3) is 1.38. The summed E-state index contributed by atoms with van der Waals surface area (Å²) < 4.78 is 4.88. The lowest BCUT2D eigenvalue weighted by molar-refractivity contribution is 0.294. The Hall–Kier alpha value is -1.12. The lowest BCUT2D eigenvalue weighted by atomic mass is 10.3. The third-order valence-electron chi connectivity index (χ3n) is 1.05. The van der Waals surface area contributed by atoms with E-state index in [0.29, 0.717) is 0 Å². The van der Waals surface area contributed by atoms with Gasteiger partial charge in [-0.15, -0.1) is 4.91 Å². The Morgan fingerprint density at radius 3 is 2.89 bits per heavy atom. The fourth-order valence-electron chi connectivity index (χ4n) is 0.630. The molecule has 0 radical (unpaired) electrons. The summed E-state index contributed by atoms with van der Waals surface area (Å²) in [5.74, 6) is 0.919. The maximum Gasteiger partial charge on any atom is 0.256 e. The first-order valence-corrected chi connectivity index (χ1v) is 2.71. The first kappa shape index (κ1) is 6.01. The maximum absolute atomic E-state index is 9.83. The van der Waals surface area contributed by atoms with Gasteiger partial charge in [0.1, 0.15) is 0 Å². The lowest BCUT2D eigenvalue weighted by Gasteiger charge is -2.06. The molecule has 0 unspecified atom stereocenters. The molecule has 3 nitrogen and oxygen atoms in total. The van der Waals surface area contributed by atoms with E-state index in [0.717, 1.165) is 12.2 Å². The van der Waals surface area contributed by atoms with Gasteiger partial charge >= 0.3 is 0 Å². The molecule has 0 spiro atoms. The second-order valence-electron chi connectivity index (χ2n) is 1.79. The molecule has 1 aliphatic rings. The van der Waals surface area contributed by atoms with Gasteiger partial charge in [-0.1, -0.05) is 0 Å². The number of rotatable bonds is 1. The van der Waals surface area contributed by atoms with Crippen molar-refractivity contribution in [2.75, 3.05) is 0 Å². The molecule has 1 aliphatic heterocycles. The standard InChI is InChI=1S/C6H7NO2/c1-5-3-2-4-6(7-8)9-5/h3-4H,2H2,1H3. The molecule has 0 bridgehead atoms. The second kappa shape index (κ2) is 2.44. The van der Waals surface area contributed by atoms with Gasteiger partial charge in [-0.05, 0) is 25.5 Å². The van der Waals surface area contributed by atoms with Crippen LogP contribution in [0.25, 0.3) is 0 Å². The number of ether oxygens (including phenoxy) is 1. The highest BCUT2D eigenvalue weighted by Gasteiger charge is 2.02. The van der Waals surface area contributed by atoms with Gasteiger partial charge in [0.2, 0.25) is 0 Å². The van der Waals surface area contributed by atoms with Gasteiger partial charge in [-0.25, -0.2) is 0 Å². The number of nitroso groups, excluding NO2 is 1. The average molecular weight is 125 g/mol. The number of nitrogens with zero attached hydrogens (tertiary/aromatic N) is 1. The van der Waals surface area contributed by atoms with Crippen molar-refractivity contribution in [2.24, 2.45) is 5.18 Å². The van der Waals surface area contributed by atoms with Gasteiger partial charge in [0.25, 0.3) is 5.88 Å². The van der Waals surface area contributed by atoms with Gasteiger partial charge in [0.05, 0.1) is 5.76 Å². The normalized spacial score (nSPS) is 17.4. The summed E-state index contributed by atoms with van der Waals surface area (Å²) in [6, 6.07) is 0. The molecule has 0 fully saturated rings. The lowest BCUT2D eigenvalue weighted by Crippen LogP contribution is -1.91. The number of allylic oxidation sites excluding steroid dienone is 3. The maximum atomic E-state index is 9.83. The molecule has 9 heavy (non-hydrogen) atoms. The van der Waals surface area contributed by atoms with Crippen LogP contribution in [0.5, 0.6) is 0 Å². The molecule has 3 heteroatoms. The van der Waals surface area contributed by atoms with Crippen LogP contribution in [0.4, 0.5) is 0 Å². The van der Waals surface area contributed by atoms with E-state index in [1.807, 2.05) is 6.08 Å². The summed E-state index contributed by atoms with van der Waals surface area (Å²) in [7, 11) is 0. The van der Waals surface area contributed by atoms with Crippen LogP contribution in [-0.2, 0) is 4.74 Å². The second-order valence-corrected chi connectivity index (χ2v) is 1.79. The average Bonchev–Trinajstić information content (AvgIpc) is 1.88. The van der Waals surface area contributed by atoms with E-state index in [1.54, 1.807) is 13.0 Å². The first-order chi connectivity index (χ1) is 4.33. The zero-order chi connectivity index (χ0) is 6.69. The van der Waals surface area contributed by atoms with Gasteiger partial charge in [-0.3, -0.25) is 0 Å². The molecule has 0 amide bonds. The van der Waals surface area contributed by atoms with Crippen LogP contribution in [0.1, 0.15) is 13.3 Å². The van der Waals surface area contributed by atoms with Crippen molar-refractivity contribution in [3.05, 3.63) is 28.7 Å². The van der Waals surface area contributed by atoms with Crippen LogP contribution >= 0.6 is 0 Å². The van der Waals surface area contributed by atoms with Crippen molar-refractivity contribution in [3.63, 3.8) is 0 Å². The van der Waals surface area contributed by atoms with Crippen molar-refractivity contribution in [1.82, 2.24) is 0 Å². The summed E-state index contributed by atoms with van der Waals surface area (Å²) in [5.41, 5.74) is 0. The third-order valence-corrected chi connectivity index (χ3v) is 1.05. The molecule has 1 heterocycles. The Labute approximate surface area is 53.0 Å². The van der Waals surface area contributed by atoms with Crippen molar-refractivity contribution in [3.8, 4) is 0 Å². The molecule has 0 N–H and O–H groups in total. The highest BCUT2D eigenvalue weighted by atomic mass is 16.5. The largest absolute Gasteiger partial charge is 0.442 e. The van der Waals surface area contributed by atoms with Gasteiger partial charge in [0, 0.05) is 5.18 Å². The van der Waals surface area contributed by atoms with E-state index in [2.05, 4.69) is 5.18 Å². The van der Waals surface area contributed by atoms with Crippen molar-refractivity contribution < 1.29 is 4.74 Å². The highest BCUT2D eigenvalue weighted by Crippen LogP contribution is 2.13. The zero-order valence-corrected chi connectivity index (χ0v) is 5.13. The van der Waals surface area contributed by atoms with Crippen LogP contribution in [0.3, 0.4) is 0 Å². The molecular formula is C6H7NO2. The predicted octanol–water partition coefficient (Wildman–Crippen LogP) is 1.92. The van der Waals surface area contributed by atoms with Crippen LogP contribution in [0, 0.1) is 4.91 Å². The molecule has 1 rings (SSSR count). The number of hydrogen-bond donors (Lipinski definition) is 0. The fourth-order valence-corrected chi connectivity index (χ4v) is 0.630. The van der Waals surface area contributed by atoms with Gasteiger partial charge < -0.3 is 4.74 Å².